The van der Waals surface area contributed by atoms with Gasteiger partial charge in [-0.15, -0.1) is 0 Å². The molecule has 138 valence electrons. The fraction of sp³-hybridized carbons (Fsp3) is 0.471. The number of anilines is 1. The highest BCUT2D eigenvalue weighted by molar-refractivity contribution is 9.09. The summed E-state index contributed by atoms with van der Waals surface area (Å²) >= 11 is 15.2. The van der Waals surface area contributed by atoms with E-state index < -0.39 is 30.3 Å². The van der Waals surface area contributed by atoms with Crippen molar-refractivity contribution in [1.29, 1.82) is 0 Å². The van der Waals surface area contributed by atoms with Crippen molar-refractivity contribution in [3.63, 3.8) is 0 Å². The zero-order valence-electron chi connectivity index (χ0n) is 13.3. The number of ether oxygens (including phenoxy) is 2. The summed E-state index contributed by atoms with van der Waals surface area (Å²) in [6.07, 6.45) is 0.603. The van der Waals surface area contributed by atoms with E-state index in [1.807, 2.05) is 0 Å². The standard InChI is InChI=1S/C17H14BrCl2NO5/c18-14-7-4-8-13(17(24)26-15(8)14)12(7)16(23)25-5-11(22)21-6-1-2-9(19)10(20)3-6/h1-3,7-8,12-15H,4-5H2,(H,21,22)/t7-,8-,12-,13-,14-,15+/m1/s1. The Morgan fingerprint density at radius 1 is 1.27 bits per heavy atom. The predicted octanol–water partition coefficient (Wildman–Crippen LogP) is 3.05. The Balaban J connectivity index is 1.36. The van der Waals surface area contributed by atoms with Crippen LogP contribution in [0.4, 0.5) is 5.69 Å². The summed E-state index contributed by atoms with van der Waals surface area (Å²) in [7, 11) is 0. The van der Waals surface area contributed by atoms with E-state index in [1.165, 1.54) is 6.07 Å². The Morgan fingerprint density at radius 2 is 2.04 bits per heavy atom. The van der Waals surface area contributed by atoms with Crippen LogP contribution in [0.5, 0.6) is 0 Å². The number of fused-ring (bicyclic) bond motifs is 1. The second-order valence-electron chi connectivity index (χ2n) is 6.75. The highest BCUT2D eigenvalue weighted by atomic mass is 79.9. The summed E-state index contributed by atoms with van der Waals surface area (Å²) in [5, 5.41) is 3.26. The molecule has 3 fully saturated rings. The van der Waals surface area contributed by atoms with Crippen LogP contribution < -0.4 is 5.32 Å². The number of nitrogens with one attached hydrogen (secondary N) is 1. The van der Waals surface area contributed by atoms with Crippen LogP contribution in [0.1, 0.15) is 6.42 Å². The van der Waals surface area contributed by atoms with Gasteiger partial charge >= 0.3 is 11.9 Å². The van der Waals surface area contributed by atoms with Crippen LogP contribution in [0.2, 0.25) is 10.0 Å². The van der Waals surface area contributed by atoms with Gasteiger partial charge in [-0.3, -0.25) is 14.4 Å². The van der Waals surface area contributed by atoms with Crippen molar-refractivity contribution in [1.82, 2.24) is 0 Å². The molecule has 1 saturated heterocycles. The van der Waals surface area contributed by atoms with Gasteiger partial charge in [-0.05, 0) is 30.5 Å². The van der Waals surface area contributed by atoms with Gasteiger partial charge in [0.2, 0.25) is 0 Å². The Hall–Kier alpha value is -1.31. The van der Waals surface area contributed by atoms with Crippen molar-refractivity contribution in [3.05, 3.63) is 28.2 Å². The van der Waals surface area contributed by atoms with Crippen LogP contribution in [-0.4, -0.2) is 35.4 Å². The zero-order chi connectivity index (χ0) is 18.6. The summed E-state index contributed by atoms with van der Waals surface area (Å²) < 4.78 is 10.5. The van der Waals surface area contributed by atoms with Gasteiger partial charge in [-0.1, -0.05) is 39.1 Å². The maximum Gasteiger partial charge on any atom is 0.310 e. The van der Waals surface area contributed by atoms with Crippen LogP contribution in [0.25, 0.3) is 0 Å². The lowest BCUT2D eigenvalue weighted by molar-refractivity contribution is -0.157. The lowest BCUT2D eigenvalue weighted by atomic mass is 9.80. The number of rotatable bonds is 4. The Labute approximate surface area is 167 Å². The number of benzene rings is 1. The van der Waals surface area contributed by atoms with Crippen molar-refractivity contribution in [2.45, 2.75) is 17.4 Å². The minimum Gasteiger partial charge on any atom is -0.461 e. The number of carbonyl (C=O) groups is 3. The van der Waals surface area contributed by atoms with Crippen molar-refractivity contribution in [2.75, 3.05) is 11.9 Å². The summed E-state index contributed by atoms with van der Waals surface area (Å²) in [6.45, 7) is -0.439. The number of carbonyl (C=O) groups excluding carboxylic acids is 3. The first-order valence-electron chi connectivity index (χ1n) is 8.13. The van der Waals surface area contributed by atoms with E-state index in [0.717, 1.165) is 6.42 Å². The zero-order valence-corrected chi connectivity index (χ0v) is 16.4. The molecule has 2 aliphatic carbocycles. The quantitative estimate of drug-likeness (QED) is 0.549. The van der Waals surface area contributed by atoms with E-state index in [9.17, 15) is 14.4 Å². The van der Waals surface area contributed by atoms with Gasteiger partial charge in [0.25, 0.3) is 5.91 Å². The number of esters is 2. The van der Waals surface area contributed by atoms with Crippen LogP contribution in [0.15, 0.2) is 18.2 Å². The maximum atomic E-state index is 12.5. The molecule has 1 heterocycles. The predicted molar refractivity (Wildman–Crippen MR) is 97.2 cm³/mol. The minimum atomic E-state index is -0.562. The van der Waals surface area contributed by atoms with E-state index in [4.69, 9.17) is 32.7 Å². The molecule has 3 aliphatic rings. The molecule has 0 spiro atoms. The Morgan fingerprint density at radius 3 is 2.77 bits per heavy atom. The molecule has 6 atom stereocenters. The maximum absolute atomic E-state index is 12.5. The molecule has 2 bridgehead atoms. The van der Waals surface area contributed by atoms with E-state index in [0.29, 0.717) is 15.7 Å². The Bertz CT molecular complexity index is 803. The van der Waals surface area contributed by atoms with Crippen LogP contribution in [0, 0.1) is 23.7 Å². The van der Waals surface area contributed by atoms with E-state index in [-0.39, 0.29) is 28.7 Å². The average molecular weight is 463 g/mol. The largest absolute Gasteiger partial charge is 0.461 e. The lowest BCUT2D eigenvalue weighted by Gasteiger charge is -2.26. The van der Waals surface area contributed by atoms with E-state index in [1.54, 1.807) is 12.1 Å². The molecule has 1 aromatic rings. The number of amides is 1. The highest BCUT2D eigenvalue weighted by Gasteiger charge is 2.68. The molecule has 0 aromatic heterocycles. The molecule has 9 heteroatoms. The summed E-state index contributed by atoms with van der Waals surface area (Å²) in [5.74, 6) is -2.34. The fourth-order valence-corrected chi connectivity index (χ4v) is 5.64. The minimum absolute atomic E-state index is 0.00733. The van der Waals surface area contributed by atoms with Gasteiger partial charge in [0.1, 0.15) is 6.10 Å². The number of halogens is 3. The molecule has 1 aliphatic heterocycles. The first-order chi connectivity index (χ1) is 12.4. The van der Waals surface area contributed by atoms with Crippen molar-refractivity contribution < 1.29 is 23.9 Å². The second kappa shape index (κ2) is 6.69. The third-order valence-corrected chi connectivity index (χ3v) is 7.28. The molecular formula is C17H14BrCl2NO5. The molecule has 1 N–H and O–H groups in total. The highest BCUT2D eigenvalue weighted by Crippen LogP contribution is 2.60. The van der Waals surface area contributed by atoms with Crippen molar-refractivity contribution in [3.8, 4) is 0 Å². The van der Waals surface area contributed by atoms with E-state index in [2.05, 4.69) is 21.2 Å². The fourth-order valence-electron chi connectivity index (χ4n) is 4.30. The third kappa shape index (κ3) is 2.90. The van der Waals surface area contributed by atoms with Crippen molar-refractivity contribution in [2.24, 2.45) is 23.7 Å². The first-order valence-corrected chi connectivity index (χ1v) is 9.80. The van der Waals surface area contributed by atoms with Crippen LogP contribution in [0.3, 0.4) is 0 Å². The number of alkyl halides is 1. The average Bonchev–Trinajstić information content (AvgIpc) is 3.20. The van der Waals surface area contributed by atoms with Gasteiger partial charge in [-0.2, -0.15) is 0 Å². The molecule has 0 unspecified atom stereocenters. The SMILES string of the molecule is O=C(COC(=O)[C@@H]1[C@H]2C[C@H]3[C@H](OC(=O)[C@H]31)[C@@H]2Br)Nc1ccc(Cl)c(Cl)c1. The summed E-state index contributed by atoms with van der Waals surface area (Å²) in [6, 6.07) is 4.65. The van der Waals surface area contributed by atoms with Crippen LogP contribution >= 0.6 is 39.1 Å². The number of hydrogen-bond acceptors (Lipinski definition) is 5. The van der Waals surface area contributed by atoms with Crippen molar-refractivity contribution >= 4 is 62.7 Å². The molecule has 6 nitrogen and oxygen atoms in total. The van der Waals surface area contributed by atoms with Gasteiger partial charge in [0.05, 0.1) is 26.7 Å². The third-order valence-electron chi connectivity index (χ3n) is 5.34. The van der Waals surface area contributed by atoms with E-state index >= 15 is 0 Å². The molecule has 0 radical (unpaired) electrons. The van der Waals surface area contributed by atoms with Gasteiger partial charge < -0.3 is 14.8 Å². The van der Waals surface area contributed by atoms with Gasteiger partial charge in [-0.25, -0.2) is 0 Å². The molecule has 1 amide bonds. The molecule has 26 heavy (non-hydrogen) atoms. The number of hydrogen-bond donors (Lipinski definition) is 1. The first kappa shape index (κ1) is 18.1. The molecule has 1 aromatic carbocycles. The summed E-state index contributed by atoms with van der Waals surface area (Å²) in [4.78, 5) is 36.5. The van der Waals surface area contributed by atoms with Crippen LogP contribution in [-0.2, 0) is 23.9 Å². The molecule has 2 saturated carbocycles. The summed E-state index contributed by atoms with van der Waals surface area (Å²) in [5.41, 5.74) is 0.447. The van der Waals surface area contributed by atoms with Gasteiger partial charge in [0, 0.05) is 11.6 Å². The second-order valence-corrected chi connectivity index (χ2v) is 8.62. The Kier molecular flexibility index (Phi) is 4.65. The molecular weight excluding hydrogens is 449 g/mol. The smallest absolute Gasteiger partial charge is 0.310 e. The topological polar surface area (TPSA) is 81.7 Å². The monoisotopic (exact) mass is 461 g/mol. The molecule has 4 rings (SSSR count). The normalized spacial score (nSPS) is 33.9. The lowest BCUT2D eigenvalue weighted by Crippen LogP contribution is -2.39. The van der Waals surface area contributed by atoms with Gasteiger partial charge in [0.15, 0.2) is 6.61 Å².